The quantitative estimate of drug-likeness (QED) is 0.402. The van der Waals surface area contributed by atoms with E-state index in [2.05, 4.69) is 0 Å². The molecule has 0 aliphatic rings. The third-order valence-electron chi connectivity index (χ3n) is 3.34. The van der Waals surface area contributed by atoms with Crippen LogP contribution < -0.4 is 14.9 Å². The van der Waals surface area contributed by atoms with Crippen molar-refractivity contribution in [1.29, 1.82) is 0 Å². The number of hydrogen-bond acceptors (Lipinski definition) is 5. The summed E-state index contributed by atoms with van der Waals surface area (Å²) in [6, 6.07) is 10.4. The van der Waals surface area contributed by atoms with Crippen molar-refractivity contribution in [2.75, 3.05) is 7.11 Å². The maximum atomic E-state index is 11.8. The van der Waals surface area contributed by atoms with E-state index in [-0.39, 0.29) is 54.7 Å². The first-order chi connectivity index (χ1) is 12.0. The van der Waals surface area contributed by atoms with E-state index in [4.69, 9.17) is 4.74 Å². The second-order valence-electron chi connectivity index (χ2n) is 5.26. The normalized spacial score (nSPS) is 10.7. The molecular weight excluding hydrogens is 386 g/mol. The fraction of sp³-hybridized carbons (Fsp3) is 0.100. The first-order valence-electron chi connectivity index (χ1n) is 7.52. The molecule has 0 atom stereocenters. The summed E-state index contributed by atoms with van der Waals surface area (Å²) in [4.78, 5) is 23.6. The van der Waals surface area contributed by atoms with Crippen molar-refractivity contribution in [2.45, 2.75) is 6.42 Å². The van der Waals surface area contributed by atoms with Crippen molar-refractivity contribution >= 4 is 23.7 Å². The minimum Gasteiger partial charge on any atom is -0.872 e. The van der Waals surface area contributed by atoms with Crippen molar-refractivity contribution in [1.82, 2.24) is 0 Å². The number of rotatable bonds is 7. The van der Waals surface area contributed by atoms with Crippen LogP contribution in [0.5, 0.6) is 17.2 Å². The van der Waals surface area contributed by atoms with Gasteiger partial charge in [-0.2, -0.15) is 0 Å². The van der Waals surface area contributed by atoms with Crippen molar-refractivity contribution < 1.29 is 44.0 Å². The number of ether oxygens (including phenoxy) is 1. The van der Waals surface area contributed by atoms with Gasteiger partial charge in [0.25, 0.3) is 0 Å². The standard InChI is InChI=1S/C20H18O5.Zn/c1-25-20-12-15(6-11-19(20)24)5-10-18(23)13-17(22)9-4-14-2-7-16(21)8-3-14;/h2-12,21,24H,13H2,1H3;/q;+2/p-2/b9-4+,10-5+;. The number of methoxy groups -OCH3 is 1. The number of allylic oxidation sites excluding steroid dienone is 2. The van der Waals surface area contributed by atoms with E-state index in [9.17, 15) is 19.8 Å². The van der Waals surface area contributed by atoms with Gasteiger partial charge in [0.05, 0.1) is 13.5 Å². The predicted octanol–water partition coefficient (Wildman–Crippen LogP) is 2.09. The van der Waals surface area contributed by atoms with Gasteiger partial charge in [0.15, 0.2) is 11.6 Å². The molecule has 0 saturated heterocycles. The summed E-state index contributed by atoms with van der Waals surface area (Å²) in [6.45, 7) is 0. The topological polar surface area (TPSA) is 89.5 Å². The summed E-state index contributed by atoms with van der Waals surface area (Å²) < 4.78 is 4.92. The molecule has 26 heavy (non-hydrogen) atoms. The van der Waals surface area contributed by atoms with Crippen molar-refractivity contribution in [3.8, 4) is 17.2 Å². The molecule has 0 N–H and O–H groups in total. The predicted molar refractivity (Wildman–Crippen MR) is 91.0 cm³/mol. The van der Waals surface area contributed by atoms with Gasteiger partial charge < -0.3 is 14.9 Å². The Morgan fingerprint density at radius 2 is 1.46 bits per heavy atom. The largest absolute Gasteiger partial charge is 2.00 e. The molecule has 2 aromatic rings. The van der Waals surface area contributed by atoms with Crippen LogP contribution in [-0.2, 0) is 29.1 Å². The molecule has 0 saturated carbocycles. The van der Waals surface area contributed by atoms with Crippen LogP contribution in [0.3, 0.4) is 0 Å². The molecule has 0 aromatic heterocycles. The zero-order valence-electron chi connectivity index (χ0n) is 14.3. The summed E-state index contributed by atoms with van der Waals surface area (Å²) in [6.07, 6.45) is 5.41. The first kappa shape index (κ1) is 21.3. The number of ketones is 2. The van der Waals surface area contributed by atoms with Gasteiger partial charge in [0.2, 0.25) is 0 Å². The Kier molecular flexibility index (Phi) is 8.46. The molecule has 0 bridgehead atoms. The molecule has 0 amide bonds. The van der Waals surface area contributed by atoms with Crippen LogP contribution in [0.15, 0.2) is 54.6 Å². The maximum Gasteiger partial charge on any atom is 2.00 e. The molecule has 0 aliphatic heterocycles. The van der Waals surface area contributed by atoms with Crippen molar-refractivity contribution in [3.63, 3.8) is 0 Å². The molecule has 6 heteroatoms. The monoisotopic (exact) mass is 400 g/mol. The van der Waals surface area contributed by atoms with Gasteiger partial charge in [0, 0.05) is 0 Å². The van der Waals surface area contributed by atoms with Gasteiger partial charge in [-0.25, -0.2) is 0 Å². The molecule has 5 nitrogen and oxygen atoms in total. The van der Waals surface area contributed by atoms with E-state index < -0.39 is 0 Å². The van der Waals surface area contributed by atoms with Crippen molar-refractivity contribution in [3.05, 3.63) is 65.7 Å². The van der Waals surface area contributed by atoms with Crippen LogP contribution >= 0.6 is 0 Å². The fourth-order valence-corrected chi connectivity index (χ4v) is 2.03. The van der Waals surface area contributed by atoms with Crippen molar-refractivity contribution in [2.24, 2.45) is 0 Å². The molecule has 2 aromatic carbocycles. The zero-order chi connectivity index (χ0) is 18.2. The molecule has 0 aliphatic carbocycles. The smallest absolute Gasteiger partial charge is 0.872 e. The summed E-state index contributed by atoms with van der Waals surface area (Å²) in [5.41, 5.74) is 1.34. The Labute approximate surface area is 164 Å². The summed E-state index contributed by atoms with van der Waals surface area (Å²) >= 11 is 0. The maximum absolute atomic E-state index is 11.8. The summed E-state index contributed by atoms with van der Waals surface area (Å²) in [5, 5.41) is 22.4. The Balaban J connectivity index is 0.00000338. The zero-order valence-corrected chi connectivity index (χ0v) is 17.3. The molecule has 0 heterocycles. The average molecular weight is 402 g/mol. The third kappa shape index (κ3) is 6.65. The van der Waals surface area contributed by atoms with Crippen LogP contribution in [0.4, 0.5) is 0 Å². The Bertz CT molecular complexity index is 823. The number of carbonyl (C=O) groups excluding carboxylic acids is 2. The van der Waals surface area contributed by atoms with Gasteiger partial charge in [-0.15, -0.1) is 5.75 Å². The molecule has 128 valence electrons. The van der Waals surface area contributed by atoms with E-state index >= 15 is 0 Å². The second kappa shape index (κ2) is 10.3. The fourth-order valence-electron chi connectivity index (χ4n) is 2.03. The summed E-state index contributed by atoms with van der Waals surface area (Å²) in [5.74, 6) is -0.845. The van der Waals surface area contributed by atoms with Crippen LogP contribution in [0.2, 0.25) is 0 Å². The van der Waals surface area contributed by atoms with E-state index in [1.165, 1.54) is 49.6 Å². The molecule has 0 fully saturated rings. The molecule has 0 radical (unpaired) electrons. The van der Waals surface area contributed by atoms with Crippen LogP contribution in [0.25, 0.3) is 12.2 Å². The van der Waals surface area contributed by atoms with Gasteiger partial charge in [-0.3, -0.25) is 9.59 Å². The molecule has 2 rings (SSSR count). The van der Waals surface area contributed by atoms with Crippen LogP contribution in [-0.4, -0.2) is 18.7 Å². The van der Waals surface area contributed by atoms with E-state index in [1.807, 2.05) is 0 Å². The van der Waals surface area contributed by atoms with Crippen LogP contribution in [0.1, 0.15) is 17.5 Å². The van der Waals surface area contributed by atoms with E-state index in [1.54, 1.807) is 24.3 Å². The van der Waals surface area contributed by atoms with Gasteiger partial charge in [0.1, 0.15) is 5.75 Å². The first-order valence-corrected chi connectivity index (χ1v) is 7.52. The van der Waals surface area contributed by atoms with E-state index in [0.717, 1.165) is 0 Å². The number of hydrogen-bond donors (Lipinski definition) is 0. The SMILES string of the molecule is COc1cc(/C=C/C(=O)CC(=O)/C=C/c2ccc([O-])cc2)ccc1[O-].[Zn+2]. The second-order valence-corrected chi connectivity index (χ2v) is 5.26. The summed E-state index contributed by atoms with van der Waals surface area (Å²) in [7, 11) is 1.39. The average Bonchev–Trinajstić information content (AvgIpc) is 2.60. The van der Waals surface area contributed by atoms with Gasteiger partial charge in [-0.05, 0) is 29.3 Å². The van der Waals surface area contributed by atoms with Crippen LogP contribution in [0, 0.1) is 0 Å². The number of benzene rings is 2. The Hall–Kier alpha value is -2.72. The molecule has 0 spiro atoms. The third-order valence-corrected chi connectivity index (χ3v) is 3.34. The van der Waals surface area contributed by atoms with Gasteiger partial charge >= 0.3 is 19.5 Å². The minimum atomic E-state index is -0.352. The number of carbonyl (C=O) groups is 2. The minimum absolute atomic E-state index is 0. The molecule has 0 unspecified atom stereocenters. The molecular formula is C20H16O5Zn. The van der Waals surface area contributed by atoms with E-state index in [0.29, 0.717) is 11.1 Å². The van der Waals surface area contributed by atoms with Gasteiger partial charge in [-0.1, -0.05) is 54.3 Å². The Morgan fingerprint density at radius 1 is 0.923 bits per heavy atom. The Morgan fingerprint density at radius 3 is 2.04 bits per heavy atom.